The molecule has 0 N–H and O–H groups in total. The summed E-state index contributed by atoms with van der Waals surface area (Å²) in [5.41, 5.74) is 5.03. The van der Waals surface area contributed by atoms with E-state index in [1.165, 1.54) is 22.3 Å². The molecule has 0 nitrogen and oxygen atoms in total. The van der Waals surface area contributed by atoms with Gasteiger partial charge in [0, 0.05) is 0 Å². The molecule has 1 aromatic rings. The van der Waals surface area contributed by atoms with Crippen LogP contribution in [0.3, 0.4) is 0 Å². The molecule has 0 aliphatic rings. The predicted molar refractivity (Wildman–Crippen MR) is 75.3 cm³/mol. The molecule has 84 valence electrons. The quantitative estimate of drug-likeness (QED) is 0.647. The summed E-state index contributed by atoms with van der Waals surface area (Å²) in [6.07, 6.45) is 10.3. The van der Waals surface area contributed by atoms with E-state index in [0.29, 0.717) is 0 Å². The minimum absolute atomic E-state index is 1.10. The van der Waals surface area contributed by atoms with Gasteiger partial charge in [-0.25, -0.2) is 0 Å². The van der Waals surface area contributed by atoms with Crippen molar-refractivity contribution in [2.45, 2.75) is 26.7 Å². The highest BCUT2D eigenvalue weighted by Crippen LogP contribution is 2.24. The van der Waals surface area contributed by atoms with Crippen LogP contribution in [0.2, 0.25) is 0 Å². The highest BCUT2D eigenvalue weighted by Gasteiger charge is 2.06. The van der Waals surface area contributed by atoms with Gasteiger partial charge in [0.2, 0.25) is 0 Å². The van der Waals surface area contributed by atoms with E-state index in [1.54, 1.807) is 0 Å². The smallest absolute Gasteiger partial charge is 0.0112 e. The van der Waals surface area contributed by atoms with Crippen LogP contribution in [0.15, 0.2) is 31.4 Å². The average molecular weight is 212 g/mol. The van der Waals surface area contributed by atoms with Crippen molar-refractivity contribution in [2.24, 2.45) is 0 Å². The Bertz CT molecular complexity index is 408. The summed E-state index contributed by atoms with van der Waals surface area (Å²) in [5.74, 6) is 0. The van der Waals surface area contributed by atoms with E-state index in [1.807, 2.05) is 19.1 Å². The molecule has 0 saturated heterocycles. The van der Waals surface area contributed by atoms with Crippen molar-refractivity contribution < 1.29 is 0 Å². The Morgan fingerprint density at radius 2 is 1.88 bits per heavy atom. The van der Waals surface area contributed by atoms with Gasteiger partial charge in [0.1, 0.15) is 0 Å². The summed E-state index contributed by atoms with van der Waals surface area (Å²) in [7, 11) is 0. The molecule has 0 unspecified atom stereocenters. The van der Waals surface area contributed by atoms with Crippen molar-refractivity contribution >= 4 is 18.2 Å². The maximum Gasteiger partial charge on any atom is -0.0112 e. The summed E-state index contributed by atoms with van der Waals surface area (Å²) >= 11 is 0. The van der Waals surface area contributed by atoms with E-state index >= 15 is 0 Å². The molecule has 1 rings (SSSR count). The molecule has 0 saturated carbocycles. The molecule has 0 bridgehead atoms. The minimum Gasteiger partial charge on any atom is -0.0984 e. The summed E-state index contributed by atoms with van der Waals surface area (Å²) in [5, 5.41) is 0. The van der Waals surface area contributed by atoms with Crippen LogP contribution in [-0.2, 0) is 6.42 Å². The first-order valence-electron chi connectivity index (χ1n) is 5.81. The SMILES string of the molecule is C=Cc1ccc(CCC)c(C=C)c1/C=C\C. The lowest BCUT2D eigenvalue weighted by Crippen LogP contribution is -1.94. The monoisotopic (exact) mass is 212 g/mol. The number of hydrogen-bond acceptors (Lipinski definition) is 0. The minimum atomic E-state index is 1.10. The van der Waals surface area contributed by atoms with Crippen molar-refractivity contribution in [3.05, 3.63) is 53.6 Å². The van der Waals surface area contributed by atoms with Crippen LogP contribution in [0.1, 0.15) is 42.5 Å². The summed E-state index contributed by atoms with van der Waals surface area (Å²) in [6, 6.07) is 4.32. The van der Waals surface area contributed by atoms with Crippen molar-refractivity contribution in [1.82, 2.24) is 0 Å². The number of benzene rings is 1. The van der Waals surface area contributed by atoms with Gasteiger partial charge in [-0.15, -0.1) is 0 Å². The van der Waals surface area contributed by atoms with Crippen molar-refractivity contribution in [3.63, 3.8) is 0 Å². The van der Waals surface area contributed by atoms with Crippen LogP contribution in [0.4, 0.5) is 0 Å². The highest BCUT2D eigenvalue weighted by atomic mass is 14.1. The fraction of sp³-hybridized carbons (Fsp3) is 0.250. The maximum atomic E-state index is 3.92. The molecule has 0 heterocycles. The first-order chi connectivity index (χ1) is 7.78. The molecule has 0 fully saturated rings. The van der Waals surface area contributed by atoms with E-state index in [4.69, 9.17) is 0 Å². The largest absolute Gasteiger partial charge is 0.0984 e. The molecule has 0 aliphatic heterocycles. The van der Waals surface area contributed by atoms with E-state index in [9.17, 15) is 0 Å². The van der Waals surface area contributed by atoms with E-state index in [2.05, 4.69) is 44.4 Å². The average Bonchev–Trinajstić information content (AvgIpc) is 2.30. The van der Waals surface area contributed by atoms with Gasteiger partial charge < -0.3 is 0 Å². The molecule has 16 heavy (non-hydrogen) atoms. The van der Waals surface area contributed by atoms with Gasteiger partial charge in [-0.2, -0.15) is 0 Å². The van der Waals surface area contributed by atoms with E-state index in [-0.39, 0.29) is 0 Å². The van der Waals surface area contributed by atoms with Gasteiger partial charge in [-0.3, -0.25) is 0 Å². The third-order valence-electron chi connectivity index (χ3n) is 2.69. The molecular formula is C16H20. The third kappa shape index (κ3) is 2.52. The molecule has 0 atom stereocenters. The van der Waals surface area contributed by atoms with E-state index < -0.39 is 0 Å². The second-order valence-electron chi connectivity index (χ2n) is 3.80. The fourth-order valence-electron chi connectivity index (χ4n) is 1.96. The van der Waals surface area contributed by atoms with Crippen LogP contribution in [0, 0.1) is 0 Å². The van der Waals surface area contributed by atoms with Gasteiger partial charge in [0.25, 0.3) is 0 Å². The lowest BCUT2D eigenvalue weighted by molar-refractivity contribution is 0.919. The predicted octanol–water partition coefficient (Wildman–Crippen LogP) is 4.96. The molecule has 0 amide bonds. The first kappa shape index (κ1) is 12.5. The topological polar surface area (TPSA) is 0 Å². The lowest BCUT2D eigenvalue weighted by Gasteiger charge is -2.11. The fourth-order valence-corrected chi connectivity index (χ4v) is 1.96. The van der Waals surface area contributed by atoms with Crippen LogP contribution >= 0.6 is 0 Å². The standard InChI is InChI=1S/C16H20/c1-5-9-14-12-11-13(7-3)16(10-6-2)15(14)8-4/h6-8,10-12H,3-5,9H2,1-2H3/b10-6-. The lowest BCUT2D eigenvalue weighted by atomic mass is 9.93. The molecule has 0 radical (unpaired) electrons. The zero-order valence-corrected chi connectivity index (χ0v) is 10.3. The Kier molecular flexibility index (Phi) is 4.78. The Hall–Kier alpha value is -1.56. The number of rotatable bonds is 5. The van der Waals surface area contributed by atoms with Crippen molar-refractivity contribution in [1.29, 1.82) is 0 Å². The number of allylic oxidation sites excluding steroid dienone is 1. The molecule has 0 heteroatoms. The molecule has 1 aromatic carbocycles. The van der Waals surface area contributed by atoms with Gasteiger partial charge >= 0.3 is 0 Å². The Morgan fingerprint density at radius 3 is 2.38 bits per heavy atom. The Labute approximate surface area is 99.0 Å². The number of aryl methyl sites for hydroxylation is 1. The zero-order chi connectivity index (χ0) is 12.0. The summed E-state index contributed by atoms with van der Waals surface area (Å²) in [4.78, 5) is 0. The Morgan fingerprint density at radius 1 is 1.12 bits per heavy atom. The van der Waals surface area contributed by atoms with Crippen molar-refractivity contribution in [2.75, 3.05) is 0 Å². The summed E-state index contributed by atoms with van der Waals surface area (Å²) in [6.45, 7) is 12.0. The van der Waals surface area contributed by atoms with E-state index in [0.717, 1.165) is 12.8 Å². The molecule has 0 aromatic heterocycles. The van der Waals surface area contributed by atoms with Gasteiger partial charge in [-0.1, -0.05) is 62.9 Å². The van der Waals surface area contributed by atoms with Gasteiger partial charge in [0.15, 0.2) is 0 Å². The van der Waals surface area contributed by atoms with Crippen LogP contribution in [0.5, 0.6) is 0 Å². The normalized spacial score (nSPS) is 10.6. The number of hydrogen-bond donors (Lipinski definition) is 0. The van der Waals surface area contributed by atoms with Gasteiger partial charge in [0.05, 0.1) is 0 Å². The highest BCUT2D eigenvalue weighted by molar-refractivity contribution is 5.75. The third-order valence-corrected chi connectivity index (χ3v) is 2.69. The van der Waals surface area contributed by atoms with Crippen molar-refractivity contribution in [3.8, 4) is 0 Å². The van der Waals surface area contributed by atoms with Crippen LogP contribution in [-0.4, -0.2) is 0 Å². The Balaban J connectivity index is 3.42. The first-order valence-corrected chi connectivity index (χ1v) is 5.81. The molecule has 0 spiro atoms. The molecular weight excluding hydrogens is 192 g/mol. The second-order valence-corrected chi connectivity index (χ2v) is 3.80. The second kappa shape index (κ2) is 6.12. The zero-order valence-electron chi connectivity index (χ0n) is 10.3. The molecule has 0 aliphatic carbocycles. The van der Waals surface area contributed by atoms with Crippen LogP contribution in [0.25, 0.3) is 18.2 Å². The van der Waals surface area contributed by atoms with Gasteiger partial charge in [-0.05, 0) is 35.6 Å². The maximum absolute atomic E-state index is 3.92. The summed E-state index contributed by atoms with van der Waals surface area (Å²) < 4.78 is 0. The van der Waals surface area contributed by atoms with Crippen LogP contribution < -0.4 is 0 Å².